The van der Waals surface area contributed by atoms with Gasteiger partial charge in [-0.15, -0.1) is 0 Å². The molecule has 2 nitrogen and oxygen atoms in total. The van der Waals surface area contributed by atoms with Crippen molar-refractivity contribution in [2.75, 3.05) is 10.6 Å². The van der Waals surface area contributed by atoms with E-state index in [0.717, 1.165) is 17.3 Å². The van der Waals surface area contributed by atoms with E-state index in [4.69, 9.17) is 0 Å². The second kappa shape index (κ2) is 8.47. The lowest BCUT2D eigenvalue weighted by Crippen LogP contribution is -2.15. The summed E-state index contributed by atoms with van der Waals surface area (Å²) in [6.07, 6.45) is 3.83. The zero-order valence-corrected chi connectivity index (χ0v) is 14.0. The van der Waals surface area contributed by atoms with E-state index in [0.29, 0.717) is 6.04 Å². The standard InChI is InChI=1S/C20H28N2/c1-16(2)8-7-9-17(3)21-19-12-14-20(15-13-19)22-18-10-5-4-6-11-18/h4-6,10-17,21-22H,7-9H2,1-3H3. The fourth-order valence-corrected chi connectivity index (χ4v) is 2.53. The minimum Gasteiger partial charge on any atom is -0.383 e. The Morgan fingerprint density at radius 3 is 1.95 bits per heavy atom. The molecule has 2 aromatic carbocycles. The van der Waals surface area contributed by atoms with Gasteiger partial charge in [-0.3, -0.25) is 0 Å². The second-order valence-electron chi connectivity index (χ2n) is 6.44. The summed E-state index contributed by atoms with van der Waals surface area (Å²) in [6, 6.07) is 19.3. The highest BCUT2D eigenvalue weighted by Crippen LogP contribution is 2.20. The molecule has 1 unspecified atom stereocenters. The highest BCUT2D eigenvalue weighted by molar-refractivity contribution is 5.62. The number of hydrogen-bond acceptors (Lipinski definition) is 2. The topological polar surface area (TPSA) is 24.1 Å². The summed E-state index contributed by atoms with van der Waals surface area (Å²) >= 11 is 0. The molecule has 0 heterocycles. The van der Waals surface area contributed by atoms with Crippen LogP contribution in [0.25, 0.3) is 0 Å². The van der Waals surface area contributed by atoms with Gasteiger partial charge in [0.05, 0.1) is 0 Å². The first kappa shape index (κ1) is 16.4. The van der Waals surface area contributed by atoms with Crippen LogP contribution in [0.1, 0.15) is 40.0 Å². The molecule has 118 valence electrons. The molecule has 0 saturated heterocycles. The summed E-state index contributed by atoms with van der Waals surface area (Å²) in [6.45, 7) is 6.84. The van der Waals surface area contributed by atoms with E-state index in [1.807, 2.05) is 18.2 Å². The van der Waals surface area contributed by atoms with Gasteiger partial charge in [-0.25, -0.2) is 0 Å². The Bertz CT molecular complexity index is 531. The smallest absolute Gasteiger partial charge is 0.0385 e. The molecule has 0 aliphatic heterocycles. The normalized spacial score (nSPS) is 12.2. The summed E-state index contributed by atoms with van der Waals surface area (Å²) in [5.41, 5.74) is 3.42. The first-order valence-corrected chi connectivity index (χ1v) is 8.32. The van der Waals surface area contributed by atoms with Crippen LogP contribution in [0.5, 0.6) is 0 Å². The Kier molecular flexibility index (Phi) is 6.32. The Morgan fingerprint density at radius 1 is 0.727 bits per heavy atom. The maximum Gasteiger partial charge on any atom is 0.0385 e. The summed E-state index contributed by atoms with van der Waals surface area (Å²) in [7, 11) is 0. The van der Waals surface area contributed by atoms with E-state index < -0.39 is 0 Å². The van der Waals surface area contributed by atoms with Crippen molar-refractivity contribution in [1.82, 2.24) is 0 Å². The van der Waals surface area contributed by atoms with Crippen molar-refractivity contribution in [2.24, 2.45) is 5.92 Å². The molecule has 2 N–H and O–H groups in total. The highest BCUT2D eigenvalue weighted by atomic mass is 14.9. The Hall–Kier alpha value is -1.96. The van der Waals surface area contributed by atoms with Crippen molar-refractivity contribution in [2.45, 2.75) is 46.1 Å². The number of nitrogens with one attached hydrogen (secondary N) is 2. The van der Waals surface area contributed by atoms with Gasteiger partial charge in [-0.2, -0.15) is 0 Å². The van der Waals surface area contributed by atoms with Crippen LogP contribution >= 0.6 is 0 Å². The van der Waals surface area contributed by atoms with Gasteiger partial charge < -0.3 is 10.6 Å². The van der Waals surface area contributed by atoms with Crippen LogP contribution in [0, 0.1) is 5.92 Å². The summed E-state index contributed by atoms with van der Waals surface area (Å²) in [5.74, 6) is 0.801. The molecule has 0 amide bonds. The molecular formula is C20H28N2. The van der Waals surface area contributed by atoms with Gasteiger partial charge >= 0.3 is 0 Å². The van der Waals surface area contributed by atoms with Crippen molar-refractivity contribution in [3.05, 3.63) is 54.6 Å². The Balaban J connectivity index is 1.81. The third-order valence-corrected chi connectivity index (χ3v) is 3.78. The quantitative estimate of drug-likeness (QED) is 0.619. The van der Waals surface area contributed by atoms with E-state index in [-0.39, 0.29) is 0 Å². The van der Waals surface area contributed by atoms with E-state index >= 15 is 0 Å². The zero-order valence-electron chi connectivity index (χ0n) is 14.0. The van der Waals surface area contributed by atoms with Gasteiger partial charge in [0.2, 0.25) is 0 Å². The molecular weight excluding hydrogens is 268 g/mol. The molecule has 0 bridgehead atoms. The van der Waals surface area contributed by atoms with Crippen LogP contribution in [0.3, 0.4) is 0 Å². The van der Waals surface area contributed by atoms with Crippen LogP contribution in [0.2, 0.25) is 0 Å². The molecule has 1 atom stereocenters. The van der Waals surface area contributed by atoms with Crippen LogP contribution in [0.4, 0.5) is 17.1 Å². The van der Waals surface area contributed by atoms with Crippen molar-refractivity contribution in [3.8, 4) is 0 Å². The van der Waals surface area contributed by atoms with Crippen LogP contribution in [0.15, 0.2) is 54.6 Å². The van der Waals surface area contributed by atoms with Crippen LogP contribution in [-0.4, -0.2) is 6.04 Å². The zero-order chi connectivity index (χ0) is 15.8. The van der Waals surface area contributed by atoms with Gasteiger partial charge in [0.25, 0.3) is 0 Å². The minimum absolute atomic E-state index is 0.520. The number of anilines is 3. The van der Waals surface area contributed by atoms with Gasteiger partial charge in [0.1, 0.15) is 0 Å². The number of hydrogen-bond donors (Lipinski definition) is 2. The van der Waals surface area contributed by atoms with E-state index in [1.165, 1.54) is 24.9 Å². The fourth-order valence-electron chi connectivity index (χ4n) is 2.53. The van der Waals surface area contributed by atoms with Crippen LogP contribution < -0.4 is 10.6 Å². The fraction of sp³-hybridized carbons (Fsp3) is 0.400. The average molecular weight is 296 g/mol. The molecule has 2 heteroatoms. The molecule has 2 aromatic rings. The Labute approximate surface area is 135 Å². The lowest BCUT2D eigenvalue weighted by atomic mass is 10.0. The lowest BCUT2D eigenvalue weighted by molar-refractivity contribution is 0.520. The molecule has 2 rings (SSSR count). The van der Waals surface area contributed by atoms with Gasteiger partial charge in [-0.05, 0) is 55.7 Å². The molecule has 0 saturated carbocycles. The molecule has 0 radical (unpaired) electrons. The monoisotopic (exact) mass is 296 g/mol. The highest BCUT2D eigenvalue weighted by Gasteiger charge is 2.03. The Morgan fingerprint density at radius 2 is 1.32 bits per heavy atom. The first-order chi connectivity index (χ1) is 10.6. The molecule has 0 aliphatic rings. The number of benzene rings is 2. The lowest BCUT2D eigenvalue weighted by Gasteiger charge is -2.16. The third-order valence-electron chi connectivity index (χ3n) is 3.78. The summed E-state index contributed by atoms with van der Waals surface area (Å²) < 4.78 is 0. The van der Waals surface area contributed by atoms with Crippen LogP contribution in [-0.2, 0) is 0 Å². The molecule has 0 aromatic heterocycles. The molecule has 0 aliphatic carbocycles. The maximum absolute atomic E-state index is 3.58. The van der Waals surface area contributed by atoms with E-state index in [2.05, 4.69) is 67.8 Å². The average Bonchev–Trinajstić information content (AvgIpc) is 2.50. The van der Waals surface area contributed by atoms with Crippen molar-refractivity contribution < 1.29 is 0 Å². The first-order valence-electron chi connectivity index (χ1n) is 8.32. The SMILES string of the molecule is CC(C)CCCC(C)Nc1ccc(Nc2ccccc2)cc1. The number of para-hydroxylation sites is 1. The van der Waals surface area contributed by atoms with Crippen molar-refractivity contribution in [1.29, 1.82) is 0 Å². The largest absolute Gasteiger partial charge is 0.383 e. The summed E-state index contributed by atoms with van der Waals surface area (Å²) in [4.78, 5) is 0. The van der Waals surface area contributed by atoms with Gasteiger partial charge in [-0.1, -0.05) is 44.9 Å². The maximum atomic E-state index is 3.58. The minimum atomic E-state index is 0.520. The summed E-state index contributed by atoms with van der Waals surface area (Å²) in [5, 5.41) is 6.98. The van der Waals surface area contributed by atoms with Gasteiger partial charge in [0, 0.05) is 23.1 Å². The van der Waals surface area contributed by atoms with E-state index in [1.54, 1.807) is 0 Å². The molecule has 22 heavy (non-hydrogen) atoms. The molecule has 0 fully saturated rings. The van der Waals surface area contributed by atoms with Gasteiger partial charge in [0.15, 0.2) is 0 Å². The predicted molar refractivity (Wildman–Crippen MR) is 97.9 cm³/mol. The van der Waals surface area contributed by atoms with Crippen molar-refractivity contribution in [3.63, 3.8) is 0 Å². The predicted octanol–water partition coefficient (Wildman–Crippen LogP) is 6.06. The van der Waals surface area contributed by atoms with E-state index in [9.17, 15) is 0 Å². The molecule has 0 spiro atoms. The second-order valence-corrected chi connectivity index (χ2v) is 6.44. The third kappa shape index (κ3) is 5.80. The van der Waals surface area contributed by atoms with Crippen molar-refractivity contribution >= 4 is 17.1 Å². The number of rotatable bonds is 8.